The Bertz CT molecular complexity index is 418. The molecule has 1 rings (SSSR count). The van der Waals surface area contributed by atoms with Crippen LogP contribution >= 0.6 is 0 Å². The predicted octanol–water partition coefficient (Wildman–Crippen LogP) is 3.46. The van der Waals surface area contributed by atoms with Gasteiger partial charge in [0, 0.05) is 6.07 Å². The van der Waals surface area contributed by atoms with E-state index in [0.29, 0.717) is 5.56 Å². The molecular weight excluding hydrogens is 262 g/mol. The van der Waals surface area contributed by atoms with E-state index in [1.54, 1.807) is 6.92 Å². The van der Waals surface area contributed by atoms with Crippen LogP contribution in [0.25, 0.3) is 0 Å². The molecule has 0 bridgehead atoms. The van der Waals surface area contributed by atoms with Crippen molar-refractivity contribution in [3.05, 3.63) is 33.9 Å². The van der Waals surface area contributed by atoms with Gasteiger partial charge < -0.3 is 9.84 Å². The molecule has 0 saturated heterocycles. The quantitative estimate of drug-likeness (QED) is 0.520. The second-order valence-corrected chi connectivity index (χ2v) is 3.06. The second-order valence-electron chi connectivity index (χ2n) is 3.06. The van der Waals surface area contributed by atoms with Gasteiger partial charge in [-0.15, -0.1) is 0 Å². The van der Waals surface area contributed by atoms with Crippen molar-refractivity contribution in [1.29, 1.82) is 0 Å². The number of rotatable bonds is 4. The number of phenols is 1. The number of nitro benzene ring substituents is 1. The molecule has 0 radical (unpaired) electrons. The van der Waals surface area contributed by atoms with Gasteiger partial charge in [0.25, 0.3) is 0 Å². The summed E-state index contributed by atoms with van der Waals surface area (Å²) in [5.74, 6) is -0.887. The van der Waals surface area contributed by atoms with Gasteiger partial charge in [-0.05, 0) is 18.6 Å². The average Bonchev–Trinajstić information content (AvgIpc) is 2.43. The molecule has 0 fully saturated rings. The fourth-order valence-electron chi connectivity index (χ4n) is 1.21. The smallest absolute Gasteiger partial charge is 0.310 e. The number of ether oxygens (including phenoxy) is 1. The molecule has 0 unspecified atom stereocenters. The van der Waals surface area contributed by atoms with Gasteiger partial charge in [-0.3, -0.25) is 14.9 Å². The number of phenolic OH excluding ortho intramolecular Hbond substituents is 1. The molecule has 0 aliphatic heterocycles. The van der Waals surface area contributed by atoms with Crippen molar-refractivity contribution >= 4 is 11.7 Å². The Morgan fingerprint density at radius 3 is 2.25 bits per heavy atom. The van der Waals surface area contributed by atoms with Crippen LogP contribution in [0.2, 0.25) is 0 Å². The predicted molar refractivity (Wildman–Crippen MR) is 77.8 cm³/mol. The molecule has 0 spiro atoms. The van der Waals surface area contributed by atoms with Gasteiger partial charge in [0.15, 0.2) is 5.75 Å². The van der Waals surface area contributed by atoms with Crippen molar-refractivity contribution in [1.82, 2.24) is 0 Å². The molecule has 0 aliphatic rings. The van der Waals surface area contributed by atoms with Crippen LogP contribution in [-0.2, 0) is 16.0 Å². The molecule has 20 heavy (non-hydrogen) atoms. The summed E-state index contributed by atoms with van der Waals surface area (Å²) in [6.07, 6.45) is -0.0145. The maximum atomic E-state index is 11.1. The molecule has 1 aromatic carbocycles. The van der Waals surface area contributed by atoms with Gasteiger partial charge in [-0.1, -0.05) is 33.8 Å². The normalized spacial score (nSPS) is 8.45. The maximum absolute atomic E-state index is 11.1. The van der Waals surface area contributed by atoms with Crippen LogP contribution < -0.4 is 0 Å². The van der Waals surface area contributed by atoms with Crippen LogP contribution in [0.4, 0.5) is 5.69 Å². The second kappa shape index (κ2) is 12.0. The minimum Gasteiger partial charge on any atom is -0.502 e. The first-order valence-electron chi connectivity index (χ1n) is 6.66. The van der Waals surface area contributed by atoms with E-state index in [0.717, 1.165) is 6.07 Å². The Hall–Kier alpha value is -2.11. The summed E-state index contributed by atoms with van der Waals surface area (Å²) in [5, 5.41) is 19.7. The summed E-state index contributed by atoms with van der Waals surface area (Å²) in [7, 11) is 0. The Morgan fingerprint density at radius 2 is 1.85 bits per heavy atom. The number of carbonyl (C=O) groups is 1. The van der Waals surface area contributed by atoms with E-state index in [4.69, 9.17) is 4.74 Å². The topological polar surface area (TPSA) is 89.7 Å². The van der Waals surface area contributed by atoms with Crippen LogP contribution in [0.5, 0.6) is 5.75 Å². The monoisotopic (exact) mass is 285 g/mol. The van der Waals surface area contributed by atoms with Gasteiger partial charge in [0.05, 0.1) is 18.0 Å². The molecule has 6 heteroatoms. The first-order valence-corrected chi connectivity index (χ1v) is 6.66. The van der Waals surface area contributed by atoms with Crippen LogP contribution in [0.15, 0.2) is 18.2 Å². The highest BCUT2D eigenvalue weighted by Crippen LogP contribution is 2.26. The van der Waals surface area contributed by atoms with E-state index in [2.05, 4.69) is 0 Å². The van der Waals surface area contributed by atoms with Crippen LogP contribution in [0, 0.1) is 10.1 Å². The Morgan fingerprint density at radius 1 is 1.30 bits per heavy atom. The van der Waals surface area contributed by atoms with Crippen LogP contribution in [0.1, 0.15) is 40.2 Å². The zero-order valence-electron chi connectivity index (χ0n) is 12.7. The van der Waals surface area contributed by atoms with Crippen molar-refractivity contribution in [3.8, 4) is 5.75 Å². The zero-order chi connectivity index (χ0) is 16.1. The summed E-state index contributed by atoms with van der Waals surface area (Å²) in [4.78, 5) is 20.8. The molecule has 1 N–H and O–H groups in total. The minimum atomic E-state index is -0.691. The van der Waals surface area contributed by atoms with E-state index in [1.807, 2.05) is 27.7 Å². The lowest BCUT2D eigenvalue weighted by molar-refractivity contribution is -0.385. The van der Waals surface area contributed by atoms with Crippen LogP contribution in [-0.4, -0.2) is 22.6 Å². The minimum absolute atomic E-state index is 0.0145. The van der Waals surface area contributed by atoms with Gasteiger partial charge in [0.2, 0.25) is 0 Å². The van der Waals surface area contributed by atoms with Crippen molar-refractivity contribution in [2.45, 2.75) is 41.0 Å². The summed E-state index contributed by atoms with van der Waals surface area (Å²) in [6.45, 7) is 9.96. The zero-order valence-corrected chi connectivity index (χ0v) is 12.7. The molecule has 0 heterocycles. The molecule has 0 aromatic heterocycles. The first kappa shape index (κ1) is 20.2. The fraction of sp³-hybridized carbons (Fsp3) is 0.500. The molecule has 1 aromatic rings. The number of nitro groups is 1. The molecule has 0 amide bonds. The van der Waals surface area contributed by atoms with Crippen molar-refractivity contribution in [3.63, 3.8) is 0 Å². The highest BCUT2D eigenvalue weighted by atomic mass is 16.6. The number of esters is 1. The average molecular weight is 285 g/mol. The number of hydrogen-bond donors (Lipinski definition) is 1. The van der Waals surface area contributed by atoms with E-state index < -0.39 is 16.6 Å². The van der Waals surface area contributed by atoms with Crippen molar-refractivity contribution in [2.75, 3.05) is 6.61 Å². The van der Waals surface area contributed by atoms with Gasteiger partial charge in [-0.25, -0.2) is 0 Å². The highest BCUT2D eigenvalue weighted by molar-refractivity contribution is 5.73. The largest absolute Gasteiger partial charge is 0.502 e. The summed E-state index contributed by atoms with van der Waals surface area (Å²) >= 11 is 0. The number of hydrogen-bond acceptors (Lipinski definition) is 5. The molecule has 0 saturated carbocycles. The van der Waals surface area contributed by atoms with Gasteiger partial charge in [0.1, 0.15) is 0 Å². The van der Waals surface area contributed by atoms with E-state index >= 15 is 0 Å². The lowest BCUT2D eigenvalue weighted by atomic mass is 10.1. The molecular formula is C14H23NO5. The van der Waals surface area contributed by atoms with E-state index in [1.165, 1.54) is 12.1 Å². The Balaban J connectivity index is 0. The number of aromatic hydroxyl groups is 1. The molecule has 6 nitrogen and oxygen atoms in total. The van der Waals surface area contributed by atoms with Gasteiger partial charge in [-0.2, -0.15) is 0 Å². The number of nitrogens with zero attached hydrogens (tertiary/aromatic N) is 1. The summed E-state index contributed by atoms with van der Waals surface area (Å²) < 4.78 is 4.71. The Labute approximate surface area is 119 Å². The molecule has 0 aliphatic carbocycles. The lowest BCUT2D eigenvalue weighted by Gasteiger charge is -2.02. The summed E-state index contributed by atoms with van der Waals surface area (Å²) in [6, 6.07) is 3.76. The standard InChI is InChI=1S/C10H11NO5.2C2H6/c1-2-16-10(13)6-7-3-4-8(11(14)15)9(12)5-7;2*1-2/h3-5,12H,2,6H2,1H3;2*1-2H3. The third-order valence-electron chi connectivity index (χ3n) is 1.89. The van der Waals surface area contributed by atoms with Gasteiger partial charge >= 0.3 is 11.7 Å². The van der Waals surface area contributed by atoms with E-state index in [9.17, 15) is 20.0 Å². The fourth-order valence-corrected chi connectivity index (χ4v) is 1.21. The third kappa shape index (κ3) is 7.35. The lowest BCUT2D eigenvalue weighted by Crippen LogP contribution is -2.07. The highest BCUT2D eigenvalue weighted by Gasteiger charge is 2.14. The Kier molecular flexibility index (Phi) is 12.1. The molecule has 114 valence electrons. The molecule has 0 atom stereocenters. The van der Waals surface area contributed by atoms with Crippen LogP contribution in [0.3, 0.4) is 0 Å². The maximum Gasteiger partial charge on any atom is 0.310 e. The van der Waals surface area contributed by atoms with Crippen molar-refractivity contribution in [2.24, 2.45) is 0 Å². The van der Waals surface area contributed by atoms with E-state index in [-0.39, 0.29) is 18.7 Å². The number of carbonyl (C=O) groups excluding carboxylic acids is 1. The number of benzene rings is 1. The summed E-state index contributed by atoms with van der Waals surface area (Å²) in [5.41, 5.74) is 0.0918. The third-order valence-corrected chi connectivity index (χ3v) is 1.89. The SMILES string of the molecule is CC.CC.CCOC(=O)Cc1ccc([N+](=O)[O-])c(O)c1. The van der Waals surface area contributed by atoms with Crippen molar-refractivity contribution < 1.29 is 19.6 Å². The first-order chi connectivity index (χ1) is 9.54.